The van der Waals surface area contributed by atoms with E-state index in [0.29, 0.717) is 12.1 Å². The van der Waals surface area contributed by atoms with Gasteiger partial charge in [0.05, 0.1) is 18.7 Å². The van der Waals surface area contributed by atoms with Gasteiger partial charge in [0.25, 0.3) is 0 Å². The molecule has 2 rings (SSSR count). The molecule has 21 heavy (non-hydrogen) atoms. The highest BCUT2D eigenvalue weighted by Gasteiger charge is 2.27. The maximum atomic E-state index is 12.5. The van der Waals surface area contributed by atoms with Crippen molar-refractivity contribution in [2.75, 3.05) is 32.7 Å². The van der Waals surface area contributed by atoms with E-state index < -0.39 is 0 Å². The van der Waals surface area contributed by atoms with Crippen molar-refractivity contribution in [3.63, 3.8) is 0 Å². The van der Waals surface area contributed by atoms with Gasteiger partial charge in [0.2, 0.25) is 0 Å². The van der Waals surface area contributed by atoms with Crippen LogP contribution in [0.5, 0.6) is 0 Å². The molecular weight excluding hydrogens is 264 g/mol. The second kappa shape index (κ2) is 7.70. The van der Waals surface area contributed by atoms with Crippen molar-refractivity contribution in [1.29, 1.82) is 5.26 Å². The first-order valence-electron chi connectivity index (χ1n) is 7.07. The average Bonchev–Trinajstić information content (AvgIpc) is 2.55. The molecule has 0 spiro atoms. The van der Waals surface area contributed by atoms with E-state index >= 15 is 0 Å². The first kappa shape index (κ1) is 15.4. The number of hydrogen-bond donors (Lipinski definition) is 1. The number of carbonyl (C=O) groups is 1. The molecular formula is C16H20N4O. The van der Waals surface area contributed by atoms with E-state index in [-0.39, 0.29) is 11.8 Å². The molecule has 1 atom stereocenters. The van der Waals surface area contributed by atoms with Gasteiger partial charge in [0, 0.05) is 31.7 Å². The minimum Gasteiger partial charge on any atom is -0.292 e. The van der Waals surface area contributed by atoms with Crippen LogP contribution in [0.25, 0.3) is 0 Å². The van der Waals surface area contributed by atoms with Crippen molar-refractivity contribution in [2.24, 2.45) is 0 Å². The molecule has 5 heteroatoms. The summed E-state index contributed by atoms with van der Waals surface area (Å²) in [4.78, 5) is 14.7. The molecule has 1 heterocycles. The molecule has 0 aliphatic carbocycles. The molecule has 110 valence electrons. The number of Topliss-reactive ketones (excluding diaryl/α,β-unsaturated/α-hetero) is 1. The van der Waals surface area contributed by atoms with E-state index in [9.17, 15) is 4.79 Å². The van der Waals surface area contributed by atoms with Crippen LogP contribution in [0.2, 0.25) is 0 Å². The van der Waals surface area contributed by atoms with Crippen LogP contribution in [0.15, 0.2) is 43.0 Å². The second-order valence-electron chi connectivity index (χ2n) is 4.93. The Morgan fingerprint density at radius 2 is 2.00 bits per heavy atom. The molecule has 1 aliphatic rings. The monoisotopic (exact) mass is 284 g/mol. The van der Waals surface area contributed by atoms with E-state index in [4.69, 9.17) is 5.26 Å². The van der Waals surface area contributed by atoms with Gasteiger partial charge in [-0.05, 0) is 0 Å². The lowest BCUT2D eigenvalue weighted by atomic mass is 10.0. The average molecular weight is 284 g/mol. The van der Waals surface area contributed by atoms with Gasteiger partial charge in [0.1, 0.15) is 0 Å². The topological polar surface area (TPSA) is 59.4 Å². The van der Waals surface area contributed by atoms with E-state index in [1.165, 1.54) is 0 Å². The third kappa shape index (κ3) is 3.99. The van der Waals surface area contributed by atoms with Crippen LogP contribution in [-0.2, 0) is 0 Å². The molecule has 1 fully saturated rings. The van der Waals surface area contributed by atoms with Gasteiger partial charge in [-0.15, -0.1) is 6.58 Å². The number of nitrogens with one attached hydrogen (secondary N) is 1. The number of nitrogens with zero attached hydrogens (tertiary/aromatic N) is 3. The number of rotatable bonds is 6. The van der Waals surface area contributed by atoms with Gasteiger partial charge in [-0.2, -0.15) is 5.26 Å². The summed E-state index contributed by atoms with van der Waals surface area (Å²) in [6.45, 7) is 7.24. The molecule has 0 bridgehead atoms. The molecule has 1 aliphatic heterocycles. The number of hydrogen-bond acceptors (Lipinski definition) is 5. The first-order valence-corrected chi connectivity index (χ1v) is 7.07. The minimum absolute atomic E-state index is 0.0871. The number of benzene rings is 1. The summed E-state index contributed by atoms with van der Waals surface area (Å²) in [7, 11) is 0. The number of nitriles is 1. The molecule has 0 amide bonds. The Morgan fingerprint density at radius 3 is 2.57 bits per heavy atom. The van der Waals surface area contributed by atoms with Crippen LogP contribution in [-0.4, -0.2) is 54.5 Å². The number of carbonyl (C=O) groups excluding carboxylic acids is 1. The summed E-state index contributed by atoms with van der Waals surface area (Å²) < 4.78 is 0. The Kier molecular flexibility index (Phi) is 5.64. The van der Waals surface area contributed by atoms with Crippen LogP contribution in [0.1, 0.15) is 10.4 Å². The van der Waals surface area contributed by atoms with Crippen LogP contribution >= 0.6 is 0 Å². The van der Waals surface area contributed by atoms with Crippen molar-refractivity contribution < 1.29 is 4.79 Å². The third-order valence-corrected chi connectivity index (χ3v) is 3.64. The zero-order valence-electron chi connectivity index (χ0n) is 12.0. The fourth-order valence-electron chi connectivity index (χ4n) is 2.50. The molecule has 1 saturated heterocycles. The summed E-state index contributed by atoms with van der Waals surface area (Å²) in [6.07, 6.45) is 1.72. The maximum absolute atomic E-state index is 12.5. The molecule has 1 aromatic rings. The van der Waals surface area contributed by atoms with Gasteiger partial charge >= 0.3 is 0 Å². The standard InChI is InChI=1S/C16H20N4O/c1-2-15(16(21)14-6-4-3-5-7-14)19-10-12-20(13-11-19)18-9-8-17/h2-7,15,18H,1,9-13H2. The molecule has 0 radical (unpaired) electrons. The maximum Gasteiger partial charge on any atom is 0.183 e. The highest BCUT2D eigenvalue weighted by Crippen LogP contribution is 2.12. The lowest BCUT2D eigenvalue weighted by Crippen LogP contribution is -2.55. The zero-order chi connectivity index (χ0) is 15.1. The summed E-state index contributed by atoms with van der Waals surface area (Å²) >= 11 is 0. The Hall–Kier alpha value is -2.00. The lowest BCUT2D eigenvalue weighted by molar-refractivity contribution is 0.0637. The molecule has 5 nitrogen and oxygen atoms in total. The van der Waals surface area contributed by atoms with Gasteiger partial charge in [0.15, 0.2) is 5.78 Å². The number of piperazine rings is 1. The van der Waals surface area contributed by atoms with Gasteiger partial charge in [-0.1, -0.05) is 36.4 Å². The van der Waals surface area contributed by atoms with E-state index in [1.54, 1.807) is 6.08 Å². The number of hydrazine groups is 1. The van der Waals surface area contributed by atoms with Crippen molar-refractivity contribution in [2.45, 2.75) is 6.04 Å². The SMILES string of the molecule is C=CC(C(=O)c1ccccc1)N1CCN(NCC#N)CC1. The van der Waals surface area contributed by atoms with Gasteiger partial charge < -0.3 is 0 Å². The summed E-state index contributed by atoms with van der Waals surface area (Å²) in [5, 5.41) is 10.6. The molecule has 1 unspecified atom stereocenters. The van der Waals surface area contributed by atoms with Crippen LogP contribution < -0.4 is 5.43 Å². The molecule has 0 aromatic heterocycles. The second-order valence-corrected chi connectivity index (χ2v) is 4.93. The Bertz CT molecular complexity index is 515. The third-order valence-electron chi connectivity index (χ3n) is 3.64. The quantitative estimate of drug-likeness (QED) is 0.481. The molecule has 0 saturated carbocycles. The fraction of sp³-hybridized carbons (Fsp3) is 0.375. The van der Waals surface area contributed by atoms with Gasteiger partial charge in [-0.3, -0.25) is 9.69 Å². The van der Waals surface area contributed by atoms with E-state index in [0.717, 1.165) is 26.2 Å². The zero-order valence-corrected chi connectivity index (χ0v) is 12.0. The van der Waals surface area contributed by atoms with Crippen molar-refractivity contribution in [1.82, 2.24) is 15.3 Å². The van der Waals surface area contributed by atoms with Crippen molar-refractivity contribution in [3.05, 3.63) is 48.6 Å². The largest absolute Gasteiger partial charge is 0.292 e. The van der Waals surface area contributed by atoms with Crippen molar-refractivity contribution in [3.8, 4) is 6.07 Å². The fourth-order valence-corrected chi connectivity index (χ4v) is 2.50. The van der Waals surface area contributed by atoms with Crippen molar-refractivity contribution >= 4 is 5.78 Å². The van der Waals surface area contributed by atoms with Gasteiger partial charge in [-0.25, -0.2) is 10.4 Å². The smallest absolute Gasteiger partial charge is 0.183 e. The highest BCUT2D eigenvalue weighted by atomic mass is 16.1. The Morgan fingerprint density at radius 1 is 1.33 bits per heavy atom. The first-order chi connectivity index (χ1) is 10.3. The summed E-state index contributed by atoms with van der Waals surface area (Å²) in [5.74, 6) is 0.0871. The molecule has 1 N–H and O–H groups in total. The lowest BCUT2D eigenvalue weighted by Gasteiger charge is -2.37. The van der Waals surface area contributed by atoms with Crippen LogP contribution in [0, 0.1) is 11.3 Å². The van der Waals surface area contributed by atoms with Crippen LogP contribution in [0.3, 0.4) is 0 Å². The predicted molar refractivity (Wildman–Crippen MR) is 81.5 cm³/mol. The minimum atomic E-state index is -0.287. The van der Waals surface area contributed by atoms with Crippen LogP contribution in [0.4, 0.5) is 0 Å². The Labute approximate surface area is 125 Å². The van der Waals surface area contributed by atoms with E-state index in [1.807, 2.05) is 35.3 Å². The molecule has 1 aromatic carbocycles. The summed E-state index contributed by atoms with van der Waals surface area (Å²) in [6, 6.07) is 11.1. The number of ketones is 1. The summed E-state index contributed by atoms with van der Waals surface area (Å²) in [5.41, 5.74) is 3.76. The normalized spacial score (nSPS) is 17.9. The predicted octanol–water partition coefficient (Wildman–Crippen LogP) is 1.07. The highest BCUT2D eigenvalue weighted by molar-refractivity contribution is 6.01. The van der Waals surface area contributed by atoms with E-state index in [2.05, 4.69) is 23.0 Å². The Balaban J connectivity index is 1.95.